The number of aromatic carboxylic acids is 2. The maximum Gasteiger partial charge on any atom is 0.335 e. The Morgan fingerprint density at radius 3 is 2.40 bits per heavy atom. The zero-order valence-electron chi connectivity index (χ0n) is 22.8. The first-order chi connectivity index (χ1) is 20.1. The van der Waals surface area contributed by atoms with Gasteiger partial charge in [-0.25, -0.2) is 9.59 Å². The van der Waals surface area contributed by atoms with Crippen molar-refractivity contribution in [2.45, 2.75) is 32.4 Å². The average molecular weight is 585 g/mol. The summed E-state index contributed by atoms with van der Waals surface area (Å²) in [6.07, 6.45) is 1.83. The molecule has 1 aliphatic rings. The SMILES string of the molecule is Cc1ccc(C)c(NC(=O)CCN2C(=S)N[C@@H](c3ccccn3)[C@@H]2c2ccc(-c3cc(C(=O)O)cc(C(=O)O)c3)o2)c1. The van der Waals surface area contributed by atoms with E-state index in [-0.39, 0.29) is 30.0 Å². The number of nitrogens with zero attached hydrogens (tertiary/aromatic N) is 2. The number of thiocarbonyl (C=S) groups is 1. The van der Waals surface area contributed by atoms with Crippen LogP contribution in [-0.4, -0.2) is 49.6 Å². The number of hydrogen-bond donors (Lipinski definition) is 4. The third-order valence-electron chi connectivity index (χ3n) is 7.07. The van der Waals surface area contributed by atoms with E-state index in [4.69, 9.17) is 16.6 Å². The predicted molar refractivity (Wildman–Crippen MR) is 159 cm³/mol. The number of carboxylic acids is 2. The minimum atomic E-state index is -1.25. The van der Waals surface area contributed by atoms with Crippen LogP contribution in [0.5, 0.6) is 0 Å². The number of hydrogen-bond acceptors (Lipinski definition) is 6. The molecule has 3 heterocycles. The summed E-state index contributed by atoms with van der Waals surface area (Å²) < 4.78 is 6.23. The molecule has 0 unspecified atom stereocenters. The number of pyridine rings is 1. The molecular weight excluding hydrogens is 556 g/mol. The van der Waals surface area contributed by atoms with Gasteiger partial charge in [0.15, 0.2) is 5.11 Å². The highest BCUT2D eigenvalue weighted by atomic mass is 32.1. The second kappa shape index (κ2) is 11.8. The van der Waals surface area contributed by atoms with Gasteiger partial charge in [-0.1, -0.05) is 18.2 Å². The monoisotopic (exact) mass is 584 g/mol. The summed E-state index contributed by atoms with van der Waals surface area (Å²) in [6.45, 7) is 4.18. The van der Waals surface area contributed by atoms with Crippen LogP contribution in [0, 0.1) is 13.8 Å². The number of amides is 1. The number of aryl methyl sites for hydroxylation is 2. The first kappa shape index (κ1) is 28.5. The second-order valence-corrected chi connectivity index (χ2v) is 10.4. The molecule has 5 rings (SSSR count). The summed E-state index contributed by atoms with van der Waals surface area (Å²) >= 11 is 5.69. The summed E-state index contributed by atoms with van der Waals surface area (Å²) in [5, 5.41) is 25.7. The molecule has 214 valence electrons. The number of carboxylic acid groups (broad SMARTS) is 2. The molecule has 1 fully saturated rings. The van der Waals surface area contributed by atoms with E-state index in [1.807, 2.05) is 55.1 Å². The van der Waals surface area contributed by atoms with Crippen LogP contribution in [0.3, 0.4) is 0 Å². The van der Waals surface area contributed by atoms with Gasteiger partial charge in [-0.05, 0) is 85.7 Å². The normalized spacial score (nSPS) is 16.2. The van der Waals surface area contributed by atoms with Crippen LogP contribution in [-0.2, 0) is 4.79 Å². The maximum atomic E-state index is 13.0. The molecule has 4 aromatic rings. The number of anilines is 1. The quantitative estimate of drug-likeness (QED) is 0.190. The molecule has 10 nitrogen and oxygen atoms in total. The fraction of sp³-hybridized carbons (Fsp3) is 0.194. The maximum absolute atomic E-state index is 13.0. The van der Waals surface area contributed by atoms with Crippen molar-refractivity contribution in [3.8, 4) is 11.3 Å². The third-order valence-corrected chi connectivity index (χ3v) is 7.43. The van der Waals surface area contributed by atoms with Gasteiger partial charge in [-0.15, -0.1) is 0 Å². The highest BCUT2D eigenvalue weighted by molar-refractivity contribution is 7.80. The zero-order valence-corrected chi connectivity index (χ0v) is 23.6. The van der Waals surface area contributed by atoms with Crippen molar-refractivity contribution in [1.82, 2.24) is 15.2 Å². The number of furan rings is 1. The molecular formula is C31H28N4O6S. The Hall–Kier alpha value is -5.03. The minimum absolute atomic E-state index is 0.150. The third kappa shape index (κ3) is 6.01. The van der Waals surface area contributed by atoms with Crippen LogP contribution in [0.15, 0.2) is 77.3 Å². The molecule has 0 aliphatic carbocycles. The van der Waals surface area contributed by atoms with Gasteiger partial charge in [0, 0.05) is 30.4 Å². The van der Waals surface area contributed by atoms with Crippen molar-refractivity contribution in [3.63, 3.8) is 0 Å². The zero-order chi connectivity index (χ0) is 30.0. The summed E-state index contributed by atoms with van der Waals surface area (Å²) in [7, 11) is 0. The first-order valence-electron chi connectivity index (χ1n) is 13.2. The van der Waals surface area contributed by atoms with Crippen molar-refractivity contribution in [3.05, 3.63) is 107 Å². The van der Waals surface area contributed by atoms with Crippen molar-refractivity contribution in [2.24, 2.45) is 0 Å². The first-order valence-corrected chi connectivity index (χ1v) is 13.6. The minimum Gasteiger partial charge on any atom is -0.478 e. The fourth-order valence-electron chi connectivity index (χ4n) is 4.94. The Morgan fingerprint density at radius 2 is 1.74 bits per heavy atom. The Balaban J connectivity index is 1.45. The standard InChI is InChI=1S/C31H28N4O6S/c1-17-6-7-18(2)23(13-17)33-26(36)10-12-35-28(27(34-31(35)42)22-5-3-4-11-32-22)25-9-8-24(41-25)19-14-20(29(37)38)16-21(15-19)30(39)40/h3-9,11,13-16,27-28H,10,12H2,1-2H3,(H,33,36)(H,34,42)(H,37,38)(H,39,40)/t27-,28-/m0/s1. The Kier molecular flexibility index (Phi) is 8.03. The van der Waals surface area contributed by atoms with E-state index in [9.17, 15) is 24.6 Å². The molecule has 42 heavy (non-hydrogen) atoms. The number of nitrogens with one attached hydrogen (secondary N) is 2. The highest BCUT2D eigenvalue weighted by Crippen LogP contribution is 2.40. The van der Waals surface area contributed by atoms with Crippen LogP contribution in [0.2, 0.25) is 0 Å². The summed E-state index contributed by atoms with van der Waals surface area (Å²) in [6, 6.07) is 17.7. The Morgan fingerprint density at radius 1 is 1.00 bits per heavy atom. The highest BCUT2D eigenvalue weighted by Gasteiger charge is 2.41. The van der Waals surface area contributed by atoms with Gasteiger partial charge in [0.05, 0.1) is 22.9 Å². The van der Waals surface area contributed by atoms with Gasteiger partial charge < -0.3 is 30.2 Å². The lowest BCUT2D eigenvalue weighted by molar-refractivity contribution is -0.116. The van der Waals surface area contributed by atoms with Gasteiger partial charge in [0.2, 0.25) is 5.91 Å². The summed E-state index contributed by atoms with van der Waals surface area (Å²) in [5.41, 5.74) is 3.43. The van der Waals surface area contributed by atoms with Gasteiger partial charge in [-0.3, -0.25) is 9.78 Å². The van der Waals surface area contributed by atoms with E-state index in [2.05, 4.69) is 15.6 Å². The molecule has 1 aliphatic heterocycles. The van der Waals surface area contributed by atoms with Gasteiger partial charge in [-0.2, -0.15) is 0 Å². The number of rotatable bonds is 9. The molecule has 2 aromatic heterocycles. The molecule has 0 bridgehead atoms. The van der Waals surface area contributed by atoms with E-state index < -0.39 is 24.0 Å². The van der Waals surface area contributed by atoms with Gasteiger partial charge in [0.1, 0.15) is 17.6 Å². The Bertz CT molecular complexity index is 1650. The van der Waals surface area contributed by atoms with Crippen LogP contribution in [0.1, 0.15) is 61.8 Å². The lowest BCUT2D eigenvalue weighted by Gasteiger charge is -2.26. The largest absolute Gasteiger partial charge is 0.478 e. The van der Waals surface area contributed by atoms with E-state index in [0.717, 1.165) is 22.9 Å². The van der Waals surface area contributed by atoms with Crippen LogP contribution >= 0.6 is 12.2 Å². The number of benzene rings is 2. The molecule has 11 heteroatoms. The average Bonchev–Trinajstić information content (AvgIpc) is 3.58. The van der Waals surface area contributed by atoms with Crippen molar-refractivity contribution in [1.29, 1.82) is 0 Å². The van der Waals surface area contributed by atoms with Crippen molar-refractivity contribution >= 4 is 40.9 Å². The van der Waals surface area contributed by atoms with Crippen LogP contribution < -0.4 is 10.6 Å². The fourth-order valence-corrected chi connectivity index (χ4v) is 5.28. The van der Waals surface area contributed by atoms with Crippen LogP contribution in [0.4, 0.5) is 5.69 Å². The summed E-state index contributed by atoms with van der Waals surface area (Å²) in [5.74, 6) is -1.89. The second-order valence-electron chi connectivity index (χ2n) is 10.0. The lowest BCUT2D eigenvalue weighted by atomic mass is 10.0. The van der Waals surface area contributed by atoms with Crippen molar-refractivity contribution in [2.75, 3.05) is 11.9 Å². The molecule has 1 saturated heterocycles. The van der Waals surface area contributed by atoms with E-state index in [1.54, 1.807) is 18.3 Å². The predicted octanol–water partition coefficient (Wildman–Crippen LogP) is 5.36. The lowest BCUT2D eigenvalue weighted by Crippen LogP contribution is -2.32. The Labute approximate surface area is 247 Å². The molecule has 2 aromatic carbocycles. The van der Waals surface area contributed by atoms with Crippen LogP contribution in [0.25, 0.3) is 11.3 Å². The molecule has 0 radical (unpaired) electrons. The van der Waals surface area contributed by atoms with E-state index >= 15 is 0 Å². The molecule has 1 amide bonds. The van der Waals surface area contributed by atoms with Gasteiger partial charge >= 0.3 is 11.9 Å². The molecule has 2 atom stereocenters. The number of carbonyl (C=O) groups excluding carboxylic acids is 1. The van der Waals surface area contributed by atoms with Gasteiger partial charge in [0.25, 0.3) is 0 Å². The smallest absolute Gasteiger partial charge is 0.335 e. The molecule has 0 saturated carbocycles. The molecule has 0 spiro atoms. The van der Waals surface area contributed by atoms with E-state index in [1.165, 1.54) is 12.1 Å². The molecule has 4 N–H and O–H groups in total. The number of carbonyl (C=O) groups is 3. The summed E-state index contributed by atoms with van der Waals surface area (Å²) in [4.78, 5) is 42.6. The number of aromatic nitrogens is 1. The topological polar surface area (TPSA) is 145 Å². The van der Waals surface area contributed by atoms with Crippen molar-refractivity contribution < 1.29 is 29.0 Å². The van der Waals surface area contributed by atoms with E-state index in [0.29, 0.717) is 27.9 Å².